The molecule has 0 saturated heterocycles. The van der Waals surface area contributed by atoms with Crippen LogP contribution in [0.4, 0.5) is 5.69 Å². The highest BCUT2D eigenvalue weighted by atomic mass is 16.5. The van der Waals surface area contributed by atoms with Crippen molar-refractivity contribution >= 4 is 11.6 Å². The molecule has 0 aromatic heterocycles. The molecule has 0 bridgehead atoms. The van der Waals surface area contributed by atoms with Crippen molar-refractivity contribution in [2.75, 3.05) is 19.0 Å². The van der Waals surface area contributed by atoms with Gasteiger partial charge in [-0.15, -0.1) is 0 Å². The van der Waals surface area contributed by atoms with E-state index in [1.54, 1.807) is 26.2 Å². The molecule has 0 heterocycles. The highest BCUT2D eigenvalue weighted by Crippen LogP contribution is 2.20. The minimum Gasteiger partial charge on any atom is -0.508 e. The van der Waals surface area contributed by atoms with Crippen molar-refractivity contribution < 1.29 is 14.6 Å². The van der Waals surface area contributed by atoms with Crippen LogP contribution in [0.3, 0.4) is 0 Å². The molecule has 0 atom stereocenters. The molecule has 21 heavy (non-hydrogen) atoms. The van der Waals surface area contributed by atoms with Crippen LogP contribution in [0.1, 0.15) is 21.5 Å². The van der Waals surface area contributed by atoms with E-state index in [9.17, 15) is 9.90 Å². The van der Waals surface area contributed by atoms with E-state index in [1.807, 2.05) is 24.3 Å². The molecule has 0 radical (unpaired) electrons. The summed E-state index contributed by atoms with van der Waals surface area (Å²) in [6.07, 6.45) is 0.738. The van der Waals surface area contributed by atoms with Crippen molar-refractivity contribution in [2.24, 2.45) is 0 Å². The van der Waals surface area contributed by atoms with Crippen LogP contribution in [-0.4, -0.2) is 24.7 Å². The first-order chi connectivity index (χ1) is 10.1. The molecule has 0 fully saturated rings. The predicted octanol–water partition coefficient (Wildman–Crippen LogP) is 3.14. The number of methoxy groups -OCH3 is 1. The Bertz CT molecular complexity index is 638. The Labute approximate surface area is 124 Å². The summed E-state index contributed by atoms with van der Waals surface area (Å²) in [7, 11) is 1.65. The number of rotatable bonds is 5. The van der Waals surface area contributed by atoms with Gasteiger partial charge in [0.25, 0.3) is 5.91 Å². The average Bonchev–Trinajstić information content (AvgIpc) is 2.46. The van der Waals surface area contributed by atoms with Crippen molar-refractivity contribution in [1.82, 2.24) is 0 Å². The van der Waals surface area contributed by atoms with E-state index in [0.29, 0.717) is 12.2 Å². The van der Waals surface area contributed by atoms with E-state index < -0.39 is 0 Å². The number of aromatic hydroxyl groups is 1. The molecule has 0 aliphatic carbocycles. The molecule has 0 spiro atoms. The third-order valence-electron chi connectivity index (χ3n) is 3.30. The molecular weight excluding hydrogens is 266 g/mol. The predicted molar refractivity (Wildman–Crippen MR) is 82.8 cm³/mol. The topological polar surface area (TPSA) is 58.6 Å². The second-order valence-electron chi connectivity index (χ2n) is 4.85. The first kappa shape index (κ1) is 15.1. The molecule has 0 aliphatic rings. The fourth-order valence-corrected chi connectivity index (χ4v) is 2.16. The molecule has 4 nitrogen and oxygen atoms in total. The number of hydrogen-bond donors (Lipinski definition) is 2. The highest BCUT2D eigenvalue weighted by Gasteiger charge is 2.11. The summed E-state index contributed by atoms with van der Waals surface area (Å²) in [6.45, 7) is 2.40. The van der Waals surface area contributed by atoms with Crippen molar-refractivity contribution in [3.05, 3.63) is 59.2 Å². The van der Waals surface area contributed by atoms with Crippen molar-refractivity contribution in [3.8, 4) is 5.75 Å². The van der Waals surface area contributed by atoms with Gasteiger partial charge in [-0.05, 0) is 48.7 Å². The van der Waals surface area contributed by atoms with Crippen LogP contribution in [-0.2, 0) is 11.2 Å². The average molecular weight is 285 g/mol. The number of carbonyl (C=O) groups is 1. The van der Waals surface area contributed by atoms with E-state index >= 15 is 0 Å². The maximum atomic E-state index is 12.3. The number of nitrogens with one attached hydrogen (secondary N) is 1. The third-order valence-corrected chi connectivity index (χ3v) is 3.30. The lowest BCUT2D eigenvalue weighted by Gasteiger charge is -2.12. The molecule has 0 aliphatic heterocycles. The van der Waals surface area contributed by atoms with Gasteiger partial charge in [-0.1, -0.05) is 18.2 Å². The summed E-state index contributed by atoms with van der Waals surface area (Å²) < 4.78 is 5.08. The van der Waals surface area contributed by atoms with Crippen LogP contribution in [0.25, 0.3) is 0 Å². The van der Waals surface area contributed by atoms with Gasteiger partial charge in [0, 0.05) is 18.4 Å². The van der Waals surface area contributed by atoms with Gasteiger partial charge in [-0.3, -0.25) is 4.79 Å². The van der Waals surface area contributed by atoms with Crippen molar-refractivity contribution in [3.63, 3.8) is 0 Å². The van der Waals surface area contributed by atoms with Crippen LogP contribution >= 0.6 is 0 Å². The molecule has 2 aromatic rings. The molecule has 2 aromatic carbocycles. The number of amides is 1. The van der Waals surface area contributed by atoms with Gasteiger partial charge in [0.15, 0.2) is 0 Å². The Hall–Kier alpha value is -2.33. The largest absolute Gasteiger partial charge is 0.508 e. The van der Waals surface area contributed by atoms with Crippen LogP contribution in [0.5, 0.6) is 5.75 Å². The Morgan fingerprint density at radius 2 is 2.00 bits per heavy atom. The van der Waals surface area contributed by atoms with Gasteiger partial charge >= 0.3 is 0 Å². The number of carbonyl (C=O) groups excluding carboxylic acids is 1. The summed E-state index contributed by atoms with van der Waals surface area (Å²) in [4.78, 5) is 12.3. The van der Waals surface area contributed by atoms with E-state index in [0.717, 1.165) is 23.2 Å². The molecular formula is C17H19NO3. The Balaban J connectivity index is 2.19. The van der Waals surface area contributed by atoms with Crippen molar-refractivity contribution in [2.45, 2.75) is 13.3 Å². The normalized spacial score (nSPS) is 10.4. The molecule has 2 N–H and O–H groups in total. The quantitative estimate of drug-likeness (QED) is 0.887. The summed E-state index contributed by atoms with van der Waals surface area (Å²) in [5.41, 5.74) is 3.10. The second kappa shape index (κ2) is 6.90. The number of anilines is 1. The lowest BCUT2D eigenvalue weighted by atomic mass is 10.1. The van der Waals surface area contributed by atoms with Gasteiger partial charge in [0.1, 0.15) is 5.75 Å². The number of phenols is 1. The molecule has 0 saturated carbocycles. The number of aryl methyl sites for hydroxylation is 1. The third kappa shape index (κ3) is 3.83. The molecule has 1 amide bonds. The highest BCUT2D eigenvalue weighted by molar-refractivity contribution is 6.05. The minimum atomic E-state index is -0.183. The lowest BCUT2D eigenvalue weighted by molar-refractivity contribution is 0.102. The van der Waals surface area contributed by atoms with Gasteiger partial charge < -0.3 is 15.2 Å². The van der Waals surface area contributed by atoms with Gasteiger partial charge in [-0.2, -0.15) is 0 Å². The number of para-hydroxylation sites is 1. The van der Waals surface area contributed by atoms with Gasteiger partial charge in [-0.25, -0.2) is 0 Å². The first-order valence-corrected chi connectivity index (χ1v) is 6.79. The molecule has 0 unspecified atom stereocenters. The number of benzene rings is 2. The van der Waals surface area contributed by atoms with E-state index in [2.05, 4.69) is 5.32 Å². The Morgan fingerprint density at radius 1 is 1.24 bits per heavy atom. The molecule has 2 rings (SSSR count). The fourth-order valence-electron chi connectivity index (χ4n) is 2.16. The number of ether oxygens (including phenoxy) is 1. The zero-order valence-corrected chi connectivity index (χ0v) is 12.2. The second-order valence-corrected chi connectivity index (χ2v) is 4.85. The summed E-state index contributed by atoms with van der Waals surface area (Å²) in [6, 6.07) is 12.4. The molecule has 4 heteroatoms. The lowest BCUT2D eigenvalue weighted by Crippen LogP contribution is -2.15. The standard InChI is InChI=1S/C17H19NO3/c1-12-11-14(19)7-8-15(12)17(20)18-16-6-4-3-5-13(16)9-10-21-2/h3-8,11,19H,9-10H2,1-2H3,(H,18,20). The molecule has 110 valence electrons. The smallest absolute Gasteiger partial charge is 0.255 e. The van der Waals surface area contributed by atoms with E-state index in [1.165, 1.54) is 6.07 Å². The fraction of sp³-hybridized carbons (Fsp3) is 0.235. The van der Waals surface area contributed by atoms with Gasteiger partial charge in [0.05, 0.1) is 6.61 Å². The van der Waals surface area contributed by atoms with E-state index in [-0.39, 0.29) is 11.7 Å². The number of phenolic OH excluding ortho intramolecular Hbond substituents is 1. The summed E-state index contributed by atoms with van der Waals surface area (Å²) >= 11 is 0. The summed E-state index contributed by atoms with van der Waals surface area (Å²) in [5.74, 6) is -0.0260. The zero-order chi connectivity index (χ0) is 15.2. The van der Waals surface area contributed by atoms with Crippen LogP contribution < -0.4 is 5.32 Å². The maximum absolute atomic E-state index is 12.3. The van der Waals surface area contributed by atoms with Crippen LogP contribution in [0, 0.1) is 6.92 Å². The first-order valence-electron chi connectivity index (χ1n) is 6.79. The van der Waals surface area contributed by atoms with Crippen LogP contribution in [0.2, 0.25) is 0 Å². The number of hydrogen-bond acceptors (Lipinski definition) is 3. The summed E-state index contributed by atoms with van der Waals surface area (Å²) in [5, 5.41) is 12.3. The monoisotopic (exact) mass is 285 g/mol. The van der Waals surface area contributed by atoms with Crippen molar-refractivity contribution in [1.29, 1.82) is 0 Å². The zero-order valence-electron chi connectivity index (χ0n) is 12.2. The van der Waals surface area contributed by atoms with E-state index in [4.69, 9.17) is 4.74 Å². The van der Waals surface area contributed by atoms with Gasteiger partial charge in [0.2, 0.25) is 0 Å². The SMILES string of the molecule is COCCc1ccccc1NC(=O)c1ccc(O)cc1C. The Morgan fingerprint density at radius 3 is 2.71 bits per heavy atom. The van der Waals surface area contributed by atoms with Crippen LogP contribution in [0.15, 0.2) is 42.5 Å². The Kier molecular flexibility index (Phi) is 4.95. The maximum Gasteiger partial charge on any atom is 0.255 e. The minimum absolute atomic E-state index is 0.157.